The Labute approximate surface area is 139 Å². The maximum absolute atomic E-state index is 12.5. The largest absolute Gasteiger partial charge is 0.342 e. The van der Waals surface area contributed by atoms with Gasteiger partial charge in [-0.2, -0.15) is 0 Å². The summed E-state index contributed by atoms with van der Waals surface area (Å²) in [5.74, 6) is -0.192. The lowest BCUT2D eigenvalue weighted by Crippen LogP contribution is -2.30. The minimum atomic E-state index is -0.192. The molecule has 7 nitrogen and oxygen atoms in total. The smallest absolute Gasteiger partial charge is 0.274 e. The van der Waals surface area contributed by atoms with Crippen molar-refractivity contribution < 1.29 is 4.79 Å². The fourth-order valence-corrected chi connectivity index (χ4v) is 3.62. The van der Waals surface area contributed by atoms with E-state index in [0.717, 1.165) is 41.5 Å². The molecule has 0 radical (unpaired) electrons. The minimum Gasteiger partial charge on any atom is -0.342 e. The molecule has 1 amide bonds. The second-order valence-corrected chi connectivity index (χ2v) is 7.22. The summed E-state index contributed by atoms with van der Waals surface area (Å²) in [5, 5.41) is 15.5. The number of nitrogens with one attached hydrogen (secondary N) is 2. The van der Waals surface area contributed by atoms with E-state index in [1.807, 2.05) is 31.6 Å². The molecule has 0 bridgehead atoms. The molecular weight excluding hydrogens is 312 g/mol. The van der Waals surface area contributed by atoms with Gasteiger partial charge in [-0.15, -0.1) is 16.4 Å². The van der Waals surface area contributed by atoms with Gasteiger partial charge in [-0.25, -0.2) is 9.67 Å². The molecule has 3 rings (SSSR count). The first-order valence-corrected chi connectivity index (χ1v) is 8.73. The molecule has 1 atom stereocenters. The van der Waals surface area contributed by atoms with E-state index in [4.69, 9.17) is 0 Å². The third kappa shape index (κ3) is 3.42. The third-order valence-electron chi connectivity index (χ3n) is 4.15. The van der Waals surface area contributed by atoms with E-state index < -0.39 is 0 Å². The highest BCUT2D eigenvalue weighted by Crippen LogP contribution is 2.22. The number of hydrogen-bond donors (Lipinski definition) is 2. The quantitative estimate of drug-likeness (QED) is 0.890. The average molecular weight is 334 g/mol. The standard InChI is InChI=1S/C15H22N6OS/c1-9-8-17-15(23-9)10(2)18-14(22)13-11(3)21(20-19-13)12-4-6-16-7-5-12/h8,10,12,16H,4-7H2,1-3H3,(H,18,22). The van der Waals surface area contributed by atoms with Gasteiger partial charge < -0.3 is 10.6 Å². The highest BCUT2D eigenvalue weighted by molar-refractivity contribution is 7.11. The lowest BCUT2D eigenvalue weighted by molar-refractivity contribution is 0.0934. The van der Waals surface area contributed by atoms with Crippen molar-refractivity contribution in [3.05, 3.63) is 27.5 Å². The molecule has 0 saturated carbocycles. The van der Waals surface area contributed by atoms with Crippen molar-refractivity contribution in [1.82, 2.24) is 30.6 Å². The van der Waals surface area contributed by atoms with E-state index in [1.165, 1.54) is 0 Å². The van der Waals surface area contributed by atoms with E-state index in [0.29, 0.717) is 11.7 Å². The van der Waals surface area contributed by atoms with Crippen molar-refractivity contribution in [3.8, 4) is 0 Å². The first-order valence-electron chi connectivity index (χ1n) is 7.92. The molecule has 1 fully saturated rings. The number of thiazole rings is 1. The Balaban J connectivity index is 1.71. The summed E-state index contributed by atoms with van der Waals surface area (Å²) in [7, 11) is 0. The normalized spacial score (nSPS) is 17.2. The number of amides is 1. The highest BCUT2D eigenvalue weighted by Gasteiger charge is 2.24. The van der Waals surface area contributed by atoms with E-state index in [9.17, 15) is 4.79 Å². The van der Waals surface area contributed by atoms with Gasteiger partial charge in [0, 0.05) is 11.1 Å². The number of carbonyl (C=O) groups excluding carboxylic acids is 1. The predicted molar refractivity (Wildman–Crippen MR) is 88.6 cm³/mol. The van der Waals surface area contributed by atoms with Gasteiger partial charge in [0.2, 0.25) is 0 Å². The summed E-state index contributed by atoms with van der Waals surface area (Å²) in [6.45, 7) is 7.81. The molecule has 1 saturated heterocycles. The third-order valence-corrected chi connectivity index (χ3v) is 5.25. The van der Waals surface area contributed by atoms with Crippen LogP contribution in [-0.4, -0.2) is 39.0 Å². The Morgan fingerprint density at radius 2 is 2.17 bits per heavy atom. The van der Waals surface area contributed by atoms with Crippen LogP contribution in [0.15, 0.2) is 6.20 Å². The zero-order chi connectivity index (χ0) is 16.4. The summed E-state index contributed by atoms with van der Waals surface area (Å²) < 4.78 is 1.90. The molecule has 1 unspecified atom stereocenters. The van der Waals surface area contributed by atoms with Crippen LogP contribution in [0, 0.1) is 13.8 Å². The van der Waals surface area contributed by atoms with Crippen LogP contribution in [0.1, 0.15) is 57.9 Å². The number of rotatable bonds is 4. The van der Waals surface area contributed by atoms with Crippen molar-refractivity contribution in [1.29, 1.82) is 0 Å². The summed E-state index contributed by atoms with van der Waals surface area (Å²) in [5.41, 5.74) is 1.24. The van der Waals surface area contributed by atoms with Crippen LogP contribution in [0.5, 0.6) is 0 Å². The number of aromatic nitrogens is 4. The van der Waals surface area contributed by atoms with Crippen LogP contribution in [0.3, 0.4) is 0 Å². The molecule has 124 valence electrons. The van der Waals surface area contributed by atoms with Gasteiger partial charge in [-0.05, 0) is 46.7 Å². The summed E-state index contributed by atoms with van der Waals surface area (Å²) >= 11 is 1.59. The van der Waals surface area contributed by atoms with Crippen molar-refractivity contribution in [2.24, 2.45) is 0 Å². The Bertz CT molecular complexity index is 688. The zero-order valence-electron chi connectivity index (χ0n) is 13.7. The van der Waals surface area contributed by atoms with Crippen LogP contribution < -0.4 is 10.6 Å². The van der Waals surface area contributed by atoms with Crippen LogP contribution >= 0.6 is 11.3 Å². The topological polar surface area (TPSA) is 84.7 Å². The van der Waals surface area contributed by atoms with Gasteiger partial charge in [0.25, 0.3) is 5.91 Å². The van der Waals surface area contributed by atoms with Crippen molar-refractivity contribution >= 4 is 17.2 Å². The van der Waals surface area contributed by atoms with Crippen molar-refractivity contribution in [3.63, 3.8) is 0 Å². The first-order chi connectivity index (χ1) is 11.1. The van der Waals surface area contributed by atoms with Gasteiger partial charge in [0.15, 0.2) is 5.69 Å². The lowest BCUT2D eigenvalue weighted by Gasteiger charge is -2.23. The molecule has 23 heavy (non-hydrogen) atoms. The second kappa shape index (κ2) is 6.76. The Morgan fingerprint density at radius 3 is 2.83 bits per heavy atom. The molecule has 1 aliphatic rings. The Morgan fingerprint density at radius 1 is 1.43 bits per heavy atom. The fourth-order valence-electron chi connectivity index (χ4n) is 2.85. The first kappa shape index (κ1) is 16.1. The second-order valence-electron chi connectivity index (χ2n) is 5.95. The van der Waals surface area contributed by atoms with Crippen molar-refractivity contribution in [2.75, 3.05) is 13.1 Å². The average Bonchev–Trinajstić information content (AvgIpc) is 3.14. The number of piperidine rings is 1. The summed E-state index contributed by atoms with van der Waals surface area (Å²) in [4.78, 5) is 17.9. The zero-order valence-corrected chi connectivity index (χ0v) is 14.5. The van der Waals surface area contributed by atoms with Gasteiger partial charge in [0.1, 0.15) is 5.01 Å². The Hall–Kier alpha value is -1.80. The molecule has 2 aromatic rings. The number of hydrogen-bond acceptors (Lipinski definition) is 6. The van der Waals surface area contributed by atoms with Gasteiger partial charge in [-0.3, -0.25) is 4.79 Å². The monoisotopic (exact) mass is 334 g/mol. The number of aryl methyl sites for hydroxylation is 1. The van der Waals surface area contributed by atoms with E-state index in [2.05, 4.69) is 25.9 Å². The van der Waals surface area contributed by atoms with E-state index in [1.54, 1.807) is 11.3 Å². The maximum atomic E-state index is 12.5. The molecule has 0 spiro atoms. The molecule has 1 aliphatic heterocycles. The van der Waals surface area contributed by atoms with Gasteiger partial charge >= 0.3 is 0 Å². The molecule has 8 heteroatoms. The SMILES string of the molecule is Cc1cnc(C(C)NC(=O)c2nnn(C3CCNCC3)c2C)s1. The van der Waals surface area contributed by atoms with Gasteiger partial charge in [0.05, 0.1) is 17.8 Å². The minimum absolute atomic E-state index is 0.135. The van der Waals surface area contributed by atoms with Crippen molar-refractivity contribution in [2.45, 2.75) is 45.7 Å². The molecule has 0 aromatic carbocycles. The molecule has 3 heterocycles. The number of carbonyl (C=O) groups is 1. The molecular formula is C15H22N6OS. The van der Waals surface area contributed by atoms with Crippen LogP contribution in [0.2, 0.25) is 0 Å². The predicted octanol–water partition coefficient (Wildman–Crippen LogP) is 1.77. The lowest BCUT2D eigenvalue weighted by atomic mass is 10.1. The Kier molecular flexibility index (Phi) is 4.72. The number of nitrogens with zero attached hydrogens (tertiary/aromatic N) is 4. The summed E-state index contributed by atoms with van der Waals surface area (Å²) in [6, 6.07) is 0.189. The van der Waals surface area contributed by atoms with Crippen LogP contribution in [0.4, 0.5) is 0 Å². The summed E-state index contributed by atoms with van der Waals surface area (Å²) in [6.07, 6.45) is 3.85. The highest BCUT2D eigenvalue weighted by atomic mass is 32.1. The van der Waals surface area contributed by atoms with Crippen LogP contribution in [0.25, 0.3) is 0 Å². The fraction of sp³-hybridized carbons (Fsp3) is 0.600. The van der Waals surface area contributed by atoms with Gasteiger partial charge in [-0.1, -0.05) is 5.21 Å². The maximum Gasteiger partial charge on any atom is 0.274 e. The van der Waals surface area contributed by atoms with E-state index >= 15 is 0 Å². The van der Waals surface area contributed by atoms with E-state index in [-0.39, 0.29) is 11.9 Å². The molecule has 2 N–H and O–H groups in total. The molecule has 0 aliphatic carbocycles. The van der Waals surface area contributed by atoms with Crippen LogP contribution in [-0.2, 0) is 0 Å². The molecule has 2 aromatic heterocycles.